The highest BCUT2D eigenvalue weighted by Gasteiger charge is 2.32. The monoisotopic (exact) mass is 487 g/mol. The molecule has 1 aromatic heterocycles. The van der Waals surface area contributed by atoms with E-state index in [0.29, 0.717) is 5.82 Å². The summed E-state index contributed by atoms with van der Waals surface area (Å²) < 4.78 is 29.1. The van der Waals surface area contributed by atoms with Crippen LogP contribution in [0, 0.1) is 6.92 Å². The summed E-state index contributed by atoms with van der Waals surface area (Å²) in [6, 6.07) is 25.9. The van der Waals surface area contributed by atoms with E-state index in [4.69, 9.17) is 0 Å². The van der Waals surface area contributed by atoms with Gasteiger partial charge in [0.25, 0.3) is 5.91 Å². The highest BCUT2D eigenvalue weighted by Crippen LogP contribution is 2.23. The Hall–Kier alpha value is -3.82. The maximum absolute atomic E-state index is 13.3. The van der Waals surface area contributed by atoms with Gasteiger partial charge in [-0.05, 0) is 31.2 Å². The van der Waals surface area contributed by atoms with Crippen molar-refractivity contribution >= 4 is 15.9 Å². The third kappa shape index (κ3) is 4.60. The van der Waals surface area contributed by atoms with Crippen molar-refractivity contribution < 1.29 is 13.2 Å². The molecule has 0 unspecified atom stereocenters. The first-order valence-corrected chi connectivity index (χ1v) is 12.8. The SMILES string of the molecule is Cc1ccc(S(=O)(=O)N2CCN(C(=O)c3nc(-c4ccccc4)n(-c4ccccc4)n3)CC2)cc1. The Morgan fingerprint density at radius 2 is 1.40 bits per heavy atom. The number of rotatable bonds is 5. The summed E-state index contributed by atoms with van der Waals surface area (Å²) in [5.74, 6) is 0.340. The Bertz CT molecular complexity index is 1370. The minimum Gasteiger partial charge on any atom is -0.333 e. The number of piperazine rings is 1. The predicted molar refractivity (Wildman–Crippen MR) is 133 cm³/mol. The van der Waals surface area contributed by atoms with Gasteiger partial charge in [-0.15, -0.1) is 5.10 Å². The molecule has 1 aliphatic rings. The van der Waals surface area contributed by atoms with E-state index in [1.165, 1.54) is 4.31 Å². The van der Waals surface area contributed by atoms with Crippen LogP contribution in [0.4, 0.5) is 0 Å². The molecule has 1 aliphatic heterocycles. The lowest BCUT2D eigenvalue weighted by atomic mass is 10.2. The van der Waals surface area contributed by atoms with Crippen molar-refractivity contribution in [3.8, 4) is 17.1 Å². The van der Waals surface area contributed by atoms with Gasteiger partial charge in [-0.3, -0.25) is 4.79 Å². The Kier molecular flexibility index (Phi) is 6.19. The second-order valence-electron chi connectivity index (χ2n) is 8.38. The van der Waals surface area contributed by atoms with Gasteiger partial charge in [-0.2, -0.15) is 4.31 Å². The number of carbonyl (C=O) groups excluding carboxylic acids is 1. The number of hydrogen-bond donors (Lipinski definition) is 0. The summed E-state index contributed by atoms with van der Waals surface area (Å²) in [7, 11) is -3.61. The number of hydrogen-bond acceptors (Lipinski definition) is 5. The molecule has 2 heterocycles. The van der Waals surface area contributed by atoms with Crippen LogP contribution in [0.5, 0.6) is 0 Å². The molecule has 0 saturated carbocycles. The van der Waals surface area contributed by atoms with Crippen LogP contribution in [0.25, 0.3) is 17.1 Å². The first-order chi connectivity index (χ1) is 16.9. The first kappa shape index (κ1) is 22.9. The fraction of sp³-hybridized carbons (Fsp3) is 0.192. The number of sulfonamides is 1. The van der Waals surface area contributed by atoms with Crippen LogP contribution in [0.15, 0.2) is 89.8 Å². The van der Waals surface area contributed by atoms with Crippen LogP contribution < -0.4 is 0 Å². The van der Waals surface area contributed by atoms with E-state index in [1.807, 2.05) is 67.6 Å². The molecule has 0 aliphatic carbocycles. The zero-order valence-corrected chi connectivity index (χ0v) is 20.1. The number of aromatic nitrogens is 3. The Morgan fingerprint density at radius 3 is 2.03 bits per heavy atom. The Morgan fingerprint density at radius 1 is 0.800 bits per heavy atom. The highest BCUT2D eigenvalue weighted by molar-refractivity contribution is 7.89. The van der Waals surface area contributed by atoms with Gasteiger partial charge >= 0.3 is 0 Å². The van der Waals surface area contributed by atoms with Crippen LogP contribution in [-0.2, 0) is 10.0 Å². The molecular weight excluding hydrogens is 462 g/mol. The molecular formula is C26H25N5O3S. The molecule has 9 heteroatoms. The number of carbonyl (C=O) groups is 1. The van der Waals surface area contributed by atoms with Gasteiger partial charge < -0.3 is 4.90 Å². The summed E-state index contributed by atoms with van der Waals surface area (Å²) in [5, 5.41) is 4.54. The molecule has 1 fully saturated rings. The van der Waals surface area contributed by atoms with Crippen molar-refractivity contribution in [3.63, 3.8) is 0 Å². The molecule has 5 rings (SSSR count). The molecule has 8 nitrogen and oxygen atoms in total. The van der Waals surface area contributed by atoms with Gasteiger partial charge in [0.2, 0.25) is 15.8 Å². The van der Waals surface area contributed by atoms with Gasteiger partial charge in [0.1, 0.15) is 0 Å². The minimum atomic E-state index is -3.61. The molecule has 178 valence electrons. The fourth-order valence-corrected chi connectivity index (χ4v) is 5.48. The summed E-state index contributed by atoms with van der Waals surface area (Å²) >= 11 is 0. The van der Waals surface area contributed by atoms with Gasteiger partial charge in [0.15, 0.2) is 5.82 Å². The largest absolute Gasteiger partial charge is 0.333 e. The molecule has 0 radical (unpaired) electrons. The smallest absolute Gasteiger partial charge is 0.293 e. The average Bonchev–Trinajstić information content (AvgIpc) is 3.35. The molecule has 0 N–H and O–H groups in total. The predicted octanol–water partition coefficient (Wildman–Crippen LogP) is 3.39. The molecule has 4 aromatic rings. The Balaban J connectivity index is 1.37. The third-order valence-corrected chi connectivity index (χ3v) is 7.93. The summed E-state index contributed by atoms with van der Waals surface area (Å²) in [6.07, 6.45) is 0. The van der Waals surface area contributed by atoms with Crippen molar-refractivity contribution in [1.29, 1.82) is 0 Å². The number of benzene rings is 3. The molecule has 0 spiro atoms. The number of para-hydroxylation sites is 1. The summed E-state index contributed by atoms with van der Waals surface area (Å²) in [5.41, 5.74) is 2.64. The van der Waals surface area contributed by atoms with Crippen LogP contribution in [0.1, 0.15) is 16.2 Å². The van der Waals surface area contributed by atoms with Crippen LogP contribution in [0.3, 0.4) is 0 Å². The molecule has 35 heavy (non-hydrogen) atoms. The van der Waals surface area contributed by atoms with Crippen LogP contribution in [0.2, 0.25) is 0 Å². The van der Waals surface area contributed by atoms with E-state index < -0.39 is 10.0 Å². The zero-order chi connectivity index (χ0) is 24.4. The van der Waals surface area contributed by atoms with Gasteiger partial charge in [0, 0.05) is 31.7 Å². The van der Waals surface area contributed by atoms with Crippen molar-refractivity contribution in [2.24, 2.45) is 0 Å². The molecule has 1 amide bonds. The maximum Gasteiger partial charge on any atom is 0.293 e. The molecule has 3 aromatic carbocycles. The summed E-state index contributed by atoms with van der Waals surface area (Å²) in [4.78, 5) is 19.8. The minimum absolute atomic E-state index is 0.0857. The third-order valence-electron chi connectivity index (χ3n) is 6.02. The number of aryl methyl sites for hydroxylation is 1. The average molecular weight is 488 g/mol. The van der Waals surface area contributed by atoms with Gasteiger partial charge in [-0.25, -0.2) is 18.1 Å². The van der Waals surface area contributed by atoms with E-state index in [1.54, 1.807) is 33.8 Å². The second-order valence-corrected chi connectivity index (χ2v) is 10.3. The van der Waals surface area contributed by atoms with Crippen molar-refractivity contribution in [2.75, 3.05) is 26.2 Å². The number of nitrogens with zero attached hydrogens (tertiary/aromatic N) is 5. The lowest BCUT2D eigenvalue weighted by Crippen LogP contribution is -2.50. The van der Waals surface area contributed by atoms with E-state index in [9.17, 15) is 13.2 Å². The van der Waals surface area contributed by atoms with E-state index >= 15 is 0 Å². The van der Waals surface area contributed by atoms with E-state index in [-0.39, 0.29) is 42.8 Å². The normalized spacial score (nSPS) is 14.7. The van der Waals surface area contributed by atoms with Crippen LogP contribution >= 0.6 is 0 Å². The maximum atomic E-state index is 13.3. The van der Waals surface area contributed by atoms with Crippen molar-refractivity contribution in [1.82, 2.24) is 24.0 Å². The summed E-state index contributed by atoms with van der Waals surface area (Å²) in [6.45, 7) is 2.88. The van der Waals surface area contributed by atoms with Crippen molar-refractivity contribution in [3.05, 3.63) is 96.3 Å². The Labute approximate surface area is 204 Å². The van der Waals surface area contributed by atoms with E-state index in [0.717, 1.165) is 16.8 Å². The van der Waals surface area contributed by atoms with Gasteiger partial charge in [0.05, 0.1) is 10.6 Å². The standard InChI is InChI=1S/C26H25N5O3S/c1-20-12-14-23(15-13-20)35(33,34)30-18-16-29(17-19-30)26(32)24-27-25(21-8-4-2-5-9-21)31(28-24)22-10-6-3-7-11-22/h2-15H,16-19H2,1H3. The lowest BCUT2D eigenvalue weighted by molar-refractivity contribution is 0.0685. The van der Waals surface area contributed by atoms with Crippen molar-refractivity contribution in [2.45, 2.75) is 11.8 Å². The number of amides is 1. The molecule has 1 saturated heterocycles. The molecule has 0 bridgehead atoms. The quantitative estimate of drug-likeness (QED) is 0.431. The lowest BCUT2D eigenvalue weighted by Gasteiger charge is -2.33. The fourth-order valence-electron chi connectivity index (χ4n) is 4.06. The first-order valence-electron chi connectivity index (χ1n) is 11.4. The van der Waals surface area contributed by atoms with Crippen LogP contribution in [-0.4, -0.2) is 64.5 Å². The van der Waals surface area contributed by atoms with Gasteiger partial charge in [-0.1, -0.05) is 66.2 Å². The van der Waals surface area contributed by atoms with E-state index in [2.05, 4.69) is 10.1 Å². The highest BCUT2D eigenvalue weighted by atomic mass is 32.2. The second kappa shape index (κ2) is 9.44. The molecule has 0 atom stereocenters. The zero-order valence-electron chi connectivity index (χ0n) is 19.3. The topological polar surface area (TPSA) is 88.4 Å².